The minimum Gasteiger partial charge on any atom is -0.379 e. The van der Waals surface area contributed by atoms with Crippen LogP contribution in [0.25, 0.3) is 0 Å². The minimum absolute atomic E-state index is 0.647. The lowest BCUT2D eigenvalue weighted by Gasteiger charge is -2.20. The molecule has 0 aromatic rings. The van der Waals surface area contributed by atoms with Crippen molar-refractivity contribution in [2.45, 2.75) is 37.4 Å². The average Bonchev–Trinajstić information content (AvgIpc) is 2.19. The lowest BCUT2D eigenvalue weighted by Crippen LogP contribution is -2.13. The third kappa shape index (κ3) is 5.55. The second-order valence-corrected chi connectivity index (χ2v) is 4.94. The predicted octanol–water partition coefficient (Wildman–Crippen LogP) is 2.03. The molecule has 1 saturated carbocycles. The molecule has 0 radical (unpaired) electrons. The van der Waals surface area contributed by atoms with Gasteiger partial charge in [0.2, 0.25) is 0 Å². The van der Waals surface area contributed by atoms with E-state index in [0.717, 1.165) is 17.6 Å². The van der Waals surface area contributed by atoms with E-state index in [4.69, 9.17) is 10.5 Å². The van der Waals surface area contributed by atoms with Crippen LogP contribution in [0.4, 0.5) is 0 Å². The fraction of sp³-hybridized carbons (Fsp3) is 1.00. The normalized spacial score (nSPS) is 19.2. The van der Waals surface area contributed by atoms with Gasteiger partial charge in [-0.05, 0) is 12.8 Å². The molecule has 0 unspecified atom stereocenters. The highest BCUT2D eigenvalue weighted by Crippen LogP contribution is 2.27. The summed E-state index contributed by atoms with van der Waals surface area (Å²) in [6.07, 6.45) is 7.15. The smallest absolute Gasteiger partial charge is 0.0589 e. The van der Waals surface area contributed by atoms with Crippen molar-refractivity contribution >= 4 is 11.8 Å². The summed E-state index contributed by atoms with van der Waals surface area (Å²) in [5.74, 6) is 1.14. The van der Waals surface area contributed by atoms with Crippen molar-refractivity contribution in [3.05, 3.63) is 0 Å². The molecule has 1 rings (SSSR count). The van der Waals surface area contributed by atoms with Crippen molar-refractivity contribution in [1.82, 2.24) is 0 Å². The van der Waals surface area contributed by atoms with Crippen molar-refractivity contribution < 1.29 is 4.74 Å². The zero-order chi connectivity index (χ0) is 9.36. The van der Waals surface area contributed by atoms with Crippen molar-refractivity contribution in [2.24, 2.45) is 5.73 Å². The third-order valence-corrected chi connectivity index (χ3v) is 3.74. The Balaban J connectivity index is 1.86. The van der Waals surface area contributed by atoms with Gasteiger partial charge in [0.25, 0.3) is 0 Å². The molecule has 2 N–H and O–H groups in total. The van der Waals surface area contributed by atoms with Gasteiger partial charge in [-0.25, -0.2) is 0 Å². The molecule has 0 saturated heterocycles. The number of nitrogens with two attached hydrogens (primary N) is 1. The van der Waals surface area contributed by atoms with Crippen LogP contribution in [0.2, 0.25) is 0 Å². The largest absolute Gasteiger partial charge is 0.379 e. The standard InChI is InChI=1S/C10H21NOS/c11-6-7-12-8-9-13-10-4-2-1-3-5-10/h10H,1-9,11H2. The van der Waals surface area contributed by atoms with E-state index in [1.165, 1.54) is 32.1 Å². The molecule has 0 atom stereocenters. The zero-order valence-electron chi connectivity index (χ0n) is 8.34. The topological polar surface area (TPSA) is 35.2 Å². The van der Waals surface area contributed by atoms with Crippen molar-refractivity contribution in [3.63, 3.8) is 0 Å². The van der Waals surface area contributed by atoms with E-state index in [0.29, 0.717) is 13.2 Å². The Bertz CT molecular complexity index is 115. The monoisotopic (exact) mass is 203 g/mol. The molecule has 2 nitrogen and oxygen atoms in total. The van der Waals surface area contributed by atoms with Crippen LogP contribution in [0.1, 0.15) is 32.1 Å². The molecule has 1 aliphatic carbocycles. The maximum absolute atomic E-state index is 5.33. The van der Waals surface area contributed by atoms with E-state index >= 15 is 0 Å². The van der Waals surface area contributed by atoms with Crippen LogP contribution < -0.4 is 5.73 Å². The first-order valence-electron chi connectivity index (χ1n) is 5.33. The Kier molecular flexibility index (Phi) is 6.68. The summed E-state index contributed by atoms with van der Waals surface area (Å²) in [7, 11) is 0. The Morgan fingerprint density at radius 2 is 1.92 bits per heavy atom. The van der Waals surface area contributed by atoms with Gasteiger partial charge < -0.3 is 10.5 Å². The summed E-state index contributed by atoms with van der Waals surface area (Å²) < 4.78 is 5.33. The molecule has 0 aromatic heterocycles. The van der Waals surface area contributed by atoms with E-state index < -0.39 is 0 Å². The highest BCUT2D eigenvalue weighted by atomic mass is 32.2. The first kappa shape index (κ1) is 11.3. The molecule has 0 heterocycles. The number of thioether (sulfide) groups is 1. The van der Waals surface area contributed by atoms with Gasteiger partial charge in [-0.1, -0.05) is 19.3 Å². The van der Waals surface area contributed by atoms with Crippen LogP contribution in [-0.4, -0.2) is 30.8 Å². The maximum Gasteiger partial charge on any atom is 0.0589 e. The van der Waals surface area contributed by atoms with E-state index in [1.807, 2.05) is 0 Å². The summed E-state index contributed by atoms with van der Waals surface area (Å²) in [5.41, 5.74) is 5.32. The summed E-state index contributed by atoms with van der Waals surface area (Å²) in [6, 6.07) is 0. The Morgan fingerprint density at radius 1 is 1.15 bits per heavy atom. The van der Waals surface area contributed by atoms with Crippen molar-refractivity contribution in [3.8, 4) is 0 Å². The van der Waals surface area contributed by atoms with Gasteiger partial charge in [0, 0.05) is 17.5 Å². The Hall–Kier alpha value is 0.270. The lowest BCUT2D eigenvalue weighted by molar-refractivity contribution is 0.158. The fourth-order valence-corrected chi connectivity index (χ4v) is 2.90. The number of ether oxygens (including phenoxy) is 1. The first-order chi connectivity index (χ1) is 6.43. The number of rotatable bonds is 6. The molecular weight excluding hydrogens is 182 g/mol. The molecule has 0 bridgehead atoms. The first-order valence-corrected chi connectivity index (χ1v) is 6.38. The second-order valence-electron chi connectivity index (χ2n) is 3.53. The van der Waals surface area contributed by atoms with Crippen molar-refractivity contribution in [2.75, 3.05) is 25.5 Å². The van der Waals surface area contributed by atoms with Gasteiger partial charge in [-0.2, -0.15) is 11.8 Å². The third-order valence-electron chi connectivity index (χ3n) is 2.40. The second kappa shape index (κ2) is 7.65. The van der Waals surface area contributed by atoms with Gasteiger partial charge in [0.1, 0.15) is 0 Å². The molecule has 78 valence electrons. The SMILES string of the molecule is NCCOCCSC1CCCCC1. The molecule has 0 aromatic carbocycles. The molecule has 0 aliphatic heterocycles. The molecule has 3 heteroatoms. The van der Waals surface area contributed by atoms with E-state index in [-0.39, 0.29) is 0 Å². The predicted molar refractivity (Wildman–Crippen MR) is 59.2 cm³/mol. The molecular formula is C10H21NOS. The fourth-order valence-electron chi connectivity index (χ4n) is 1.69. The minimum atomic E-state index is 0.647. The summed E-state index contributed by atoms with van der Waals surface area (Å²) in [6.45, 7) is 2.23. The zero-order valence-corrected chi connectivity index (χ0v) is 9.15. The van der Waals surface area contributed by atoms with Gasteiger partial charge in [-0.15, -0.1) is 0 Å². The van der Waals surface area contributed by atoms with Crippen LogP contribution in [-0.2, 0) is 4.74 Å². The highest BCUT2D eigenvalue weighted by molar-refractivity contribution is 7.99. The van der Waals surface area contributed by atoms with Crippen LogP contribution in [0.15, 0.2) is 0 Å². The molecule has 1 aliphatic rings. The lowest BCUT2D eigenvalue weighted by atomic mass is 10.0. The van der Waals surface area contributed by atoms with Crippen LogP contribution >= 0.6 is 11.8 Å². The summed E-state index contributed by atoms with van der Waals surface area (Å²) in [4.78, 5) is 0. The van der Waals surface area contributed by atoms with Crippen LogP contribution in [0.5, 0.6) is 0 Å². The molecule has 1 fully saturated rings. The average molecular weight is 203 g/mol. The Labute approximate surface area is 85.6 Å². The number of hydrogen-bond acceptors (Lipinski definition) is 3. The van der Waals surface area contributed by atoms with Gasteiger partial charge in [0.15, 0.2) is 0 Å². The quantitative estimate of drug-likeness (QED) is 0.671. The summed E-state index contributed by atoms with van der Waals surface area (Å²) in [5, 5.41) is 0.912. The van der Waals surface area contributed by atoms with E-state index in [1.54, 1.807) is 0 Å². The van der Waals surface area contributed by atoms with Crippen LogP contribution in [0.3, 0.4) is 0 Å². The van der Waals surface area contributed by atoms with Gasteiger partial charge >= 0.3 is 0 Å². The van der Waals surface area contributed by atoms with Gasteiger partial charge in [0.05, 0.1) is 13.2 Å². The number of hydrogen-bond donors (Lipinski definition) is 1. The highest BCUT2D eigenvalue weighted by Gasteiger charge is 2.12. The molecule has 0 spiro atoms. The van der Waals surface area contributed by atoms with Crippen LogP contribution in [0, 0.1) is 0 Å². The summed E-state index contributed by atoms with van der Waals surface area (Å²) >= 11 is 2.08. The molecule has 0 amide bonds. The molecule has 13 heavy (non-hydrogen) atoms. The van der Waals surface area contributed by atoms with Gasteiger partial charge in [-0.3, -0.25) is 0 Å². The van der Waals surface area contributed by atoms with E-state index in [2.05, 4.69) is 11.8 Å². The Morgan fingerprint density at radius 3 is 2.62 bits per heavy atom. The van der Waals surface area contributed by atoms with Crippen molar-refractivity contribution in [1.29, 1.82) is 0 Å². The van der Waals surface area contributed by atoms with E-state index in [9.17, 15) is 0 Å². The maximum atomic E-state index is 5.33.